The summed E-state index contributed by atoms with van der Waals surface area (Å²) in [7, 11) is -2.21. The number of ether oxygens (including phenoxy) is 1. The van der Waals surface area contributed by atoms with Crippen LogP contribution in [-0.2, 0) is 16.6 Å². The fourth-order valence-corrected chi connectivity index (χ4v) is 3.00. The molecule has 1 N–H and O–H groups in total. The standard InChI is InChI=1S/C15H16N2O5S/c1-11-3-4-12(9-15(11)17(18)19)10-16-23(20,21)14-7-5-13(22-2)6-8-14/h3-9,16H,10H2,1-2H3. The van der Waals surface area contributed by atoms with Crippen LogP contribution in [0.3, 0.4) is 0 Å². The molecular formula is C15H16N2O5S. The quantitative estimate of drug-likeness (QED) is 0.645. The highest BCUT2D eigenvalue weighted by Crippen LogP contribution is 2.20. The van der Waals surface area contributed by atoms with Gasteiger partial charge in [0.2, 0.25) is 10.0 Å². The molecule has 122 valence electrons. The number of rotatable bonds is 6. The lowest BCUT2D eigenvalue weighted by Gasteiger charge is -2.08. The largest absolute Gasteiger partial charge is 0.497 e. The Morgan fingerprint density at radius 2 is 1.83 bits per heavy atom. The third-order valence-corrected chi connectivity index (χ3v) is 4.72. The van der Waals surface area contributed by atoms with E-state index in [1.54, 1.807) is 31.2 Å². The number of benzene rings is 2. The number of nitrogens with one attached hydrogen (secondary N) is 1. The van der Waals surface area contributed by atoms with Crippen molar-refractivity contribution in [2.24, 2.45) is 0 Å². The van der Waals surface area contributed by atoms with Gasteiger partial charge in [-0.3, -0.25) is 10.1 Å². The fourth-order valence-electron chi connectivity index (χ4n) is 1.98. The maximum atomic E-state index is 12.2. The summed E-state index contributed by atoms with van der Waals surface area (Å²) in [5.41, 5.74) is 1.00. The van der Waals surface area contributed by atoms with Gasteiger partial charge in [0.15, 0.2) is 0 Å². The third kappa shape index (κ3) is 4.05. The van der Waals surface area contributed by atoms with Gasteiger partial charge in [-0.1, -0.05) is 12.1 Å². The lowest BCUT2D eigenvalue weighted by atomic mass is 10.1. The first-order valence-electron chi connectivity index (χ1n) is 6.71. The van der Waals surface area contributed by atoms with E-state index < -0.39 is 14.9 Å². The van der Waals surface area contributed by atoms with Gasteiger partial charge in [-0.15, -0.1) is 0 Å². The van der Waals surface area contributed by atoms with E-state index in [0.717, 1.165) is 0 Å². The number of hydrogen-bond acceptors (Lipinski definition) is 5. The molecule has 0 bridgehead atoms. The van der Waals surface area contributed by atoms with Crippen LogP contribution < -0.4 is 9.46 Å². The molecule has 8 heteroatoms. The highest BCUT2D eigenvalue weighted by molar-refractivity contribution is 7.89. The molecule has 0 radical (unpaired) electrons. The molecule has 0 unspecified atom stereocenters. The molecule has 0 saturated carbocycles. The molecule has 0 heterocycles. The van der Waals surface area contributed by atoms with Crippen molar-refractivity contribution in [2.45, 2.75) is 18.4 Å². The Morgan fingerprint density at radius 1 is 1.17 bits per heavy atom. The Balaban J connectivity index is 2.15. The van der Waals surface area contributed by atoms with Gasteiger partial charge >= 0.3 is 0 Å². The molecular weight excluding hydrogens is 320 g/mol. The van der Waals surface area contributed by atoms with Crippen LogP contribution in [0.1, 0.15) is 11.1 Å². The summed E-state index contributed by atoms with van der Waals surface area (Å²) < 4.78 is 31.8. The van der Waals surface area contributed by atoms with Gasteiger partial charge < -0.3 is 4.74 Å². The Labute approximate surface area is 134 Å². The lowest BCUT2D eigenvalue weighted by Crippen LogP contribution is -2.23. The van der Waals surface area contributed by atoms with Crippen LogP contribution in [0.4, 0.5) is 5.69 Å². The summed E-state index contributed by atoms with van der Waals surface area (Å²) in [6, 6.07) is 10.6. The van der Waals surface area contributed by atoms with Crippen LogP contribution in [0.2, 0.25) is 0 Å². The van der Waals surface area contributed by atoms with Gasteiger partial charge in [0.25, 0.3) is 5.69 Å². The van der Waals surface area contributed by atoms with E-state index in [1.807, 2.05) is 0 Å². The molecule has 7 nitrogen and oxygen atoms in total. The van der Waals surface area contributed by atoms with E-state index in [2.05, 4.69) is 4.72 Å². The first kappa shape index (κ1) is 16.9. The average molecular weight is 336 g/mol. The monoisotopic (exact) mass is 336 g/mol. The highest BCUT2D eigenvalue weighted by Gasteiger charge is 2.15. The van der Waals surface area contributed by atoms with E-state index in [4.69, 9.17) is 4.74 Å². The van der Waals surface area contributed by atoms with Crippen molar-refractivity contribution in [3.05, 3.63) is 63.7 Å². The van der Waals surface area contributed by atoms with E-state index in [9.17, 15) is 18.5 Å². The van der Waals surface area contributed by atoms with Crippen LogP contribution in [-0.4, -0.2) is 20.5 Å². The molecule has 0 spiro atoms. The van der Waals surface area contributed by atoms with Gasteiger partial charge in [-0.25, -0.2) is 13.1 Å². The van der Waals surface area contributed by atoms with Crippen molar-refractivity contribution in [3.63, 3.8) is 0 Å². The van der Waals surface area contributed by atoms with E-state index in [0.29, 0.717) is 16.9 Å². The van der Waals surface area contributed by atoms with Crippen LogP contribution in [0, 0.1) is 17.0 Å². The van der Waals surface area contributed by atoms with Gasteiger partial charge in [0, 0.05) is 18.2 Å². The number of hydrogen-bond donors (Lipinski definition) is 1. The van der Waals surface area contributed by atoms with Gasteiger partial charge in [0.05, 0.1) is 16.9 Å². The number of nitrogens with zero attached hydrogens (tertiary/aromatic N) is 1. The van der Waals surface area contributed by atoms with Crippen LogP contribution in [0.15, 0.2) is 47.4 Å². The second-order valence-corrected chi connectivity index (χ2v) is 6.64. The normalized spacial score (nSPS) is 11.2. The topological polar surface area (TPSA) is 98.5 Å². The molecule has 0 saturated heterocycles. The summed E-state index contributed by atoms with van der Waals surface area (Å²) >= 11 is 0. The molecule has 0 aliphatic carbocycles. The van der Waals surface area contributed by atoms with Gasteiger partial charge in [-0.05, 0) is 36.8 Å². The minimum Gasteiger partial charge on any atom is -0.497 e. The molecule has 0 amide bonds. The van der Waals surface area contributed by atoms with Crippen molar-refractivity contribution in [3.8, 4) is 5.75 Å². The van der Waals surface area contributed by atoms with E-state index in [-0.39, 0.29) is 17.1 Å². The van der Waals surface area contributed by atoms with E-state index >= 15 is 0 Å². The second-order valence-electron chi connectivity index (χ2n) is 4.88. The summed E-state index contributed by atoms with van der Waals surface area (Å²) in [6.07, 6.45) is 0. The van der Waals surface area contributed by atoms with Crippen molar-refractivity contribution in [1.29, 1.82) is 0 Å². The minimum absolute atomic E-state index is 0.0323. The summed E-state index contributed by atoms with van der Waals surface area (Å²) in [5.74, 6) is 0.554. The Hall–Kier alpha value is -2.45. The maximum Gasteiger partial charge on any atom is 0.272 e. The molecule has 2 aromatic carbocycles. The average Bonchev–Trinajstić information content (AvgIpc) is 2.54. The predicted molar refractivity (Wildman–Crippen MR) is 84.9 cm³/mol. The Bertz CT molecular complexity index is 816. The van der Waals surface area contributed by atoms with Crippen molar-refractivity contribution >= 4 is 15.7 Å². The molecule has 0 aliphatic heterocycles. The van der Waals surface area contributed by atoms with Gasteiger partial charge in [0.1, 0.15) is 5.75 Å². The van der Waals surface area contributed by atoms with Crippen LogP contribution in [0.25, 0.3) is 0 Å². The first-order valence-corrected chi connectivity index (χ1v) is 8.19. The zero-order chi connectivity index (χ0) is 17.0. The molecule has 0 atom stereocenters. The molecule has 23 heavy (non-hydrogen) atoms. The highest BCUT2D eigenvalue weighted by atomic mass is 32.2. The van der Waals surface area contributed by atoms with Crippen molar-refractivity contribution in [1.82, 2.24) is 4.72 Å². The summed E-state index contributed by atoms with van der Waals surface area (Å²) in [5, 5.41) is 10.9. The number of methoxy groups -OCH3 is 1. The summed E-state index contributed by atoms with van der Waals surface area (Å²) in [4.78, 5) is 10.5. The number of aryl methyl sites for hydroxylation is 1. The molecule has 2 rings (SSSR count). The van der Waals surface area contributed by atoms with Crippen molar-refractivity contribution in [2.75, 3.05) is 7.11 Å². The Kier molecular flexibility index (Phi) is 4.97. The molecule has 0 aromatic heterocycles. The molecule has 0 fully saturated rings. The predicted octanol–water partition coefficient (Wildman–Crippen LogP) is 2.39. The SMILES string of the molecule is COc1ccc(S(=O)(=O)NCc2ccc(C)c([N+](=O)[O-])c2)cc1. The lowest BCUT2D eigenvalue weighted by molar-refractivity contribution is -0.385. The second kappa shape index (κ2) is 6.76. The maximum absolute atomic E-state index is 12.2. The van der Waals surface area contributed by atoms with Gasteiger partial charge in [-0.2, -0.15) is 0 Å². The fraction of sp³-hybridized carbons (Fsp3) is 0.200. The van der Waals surface area contributed by atoms with Crippen molar-refractivity contribution < 1.29 is 18.1 Å². The number of sulfonamides is 1. The molecule has 0 aliphatic rings. The third-order valence-electron chi connectivity index (χ3n) is 3.31. The van der Waals surface area contributed by atoms with Crippen LogP contribution in [0.5, 0.6) is 5.75 Å². The Morgan fingerprint density at radius 3 is 2.39 bits per heavy atom. The molecule has 2 aromatic rings. The van der Waals surface area contributed by atoms with Crippen LogP contribution >= 0.6 is 0 Å². The summed E-state index contributed by atoms with van der Waals surface area (Å²) in [6.45, 7) is 1.60. The first-order chi connectivity index (χ1) is 10.8. The number of nitro benzene ring substituents is 1. The minimum atomic E-state index is -3.70. The van der Waals surface area contributed by atoms with E-state index in [1.165, 1.54) is 25.3 Å². The zero-order valence-electron chi connectivity index (χ0n) is 12.6. The zero-order valence-corrected chi connectivity index (χ0v) is 13.5. The number of nitro groups is 1. The smallest absolute Gasteiger partial charge is 0.272 e.